The second kappa shape index (κ2) is 4.09. The van der Waals surface area contributed by atoms with Gasteiger partial charge in [-0.15, -0.1) is 0 Å². The molecule has 0 amide bonds. The van der Waals surface area contributed by atoms with Crippen molar-refractivity contribution in [3.05, 3.63) is 17.3 Å². The number of hydrogen-bond donors (Lipinski definition) is 3. The van der Waals surface area contributed by atoms with Crippen molar-refractivity contribution in [3.63, 3.8) is 0 Å². The highest BCUT2D eigenvalue weighted by atomic mass is 19.4. The molecule has 1 aliphatic carbocycles. The molecule has 2 heterocycles. The third-order valence-corrected chi connectivity index (χ3v) is 3.09. The number of H-pyrrole nitrogens is 1. The summed E-state index contributed by atoms with van der Waals surface area (Å²) in [5.74, 6) is -0.693. The van der Waals surface area contributed by atoms with Gasteiger partial charge in [-0.25, -0.2) is 4.98 Å². The van der Waals surface area contributed by atoms with Gasteiger partial charge in [0, 0.05) is 5.92 Å². The van der Waals surface area contributed by atoms with Crippen LogP contribution in [0, 0.1) is 0 Å². The van der Waals surface area contributed by atoms with Crippen LogP contribution in [0.15, 0.2) is 6.07 Å². The summed E-state index contributed by atoms with van der Waals surface area (Å²) in [6, 6.07) is 1.55. The average molecular weight is 284 g/mol. The van der Waals surface area contributed by atoms with Gasteiger partial charge in [-0.3, -0.25) is 5.10 Å². The molecular weight excluding hydrogens is 273 g/mol. The van der Waals surface area contributed by atoms with Crippen LogP contribution in [-0.2, 0) is 6.18 Å². The van der Waals surface area contributed by atoms with Crippen LogP contribution in [-0.4, -0.2) is 20.2 Å². The molecule has 0 saturated heterocycles. The summed E-state index contributed by atoms with van der Waals surface area (Å²) in [4.78, 5) is 7.03. The third-order valence-electron chi connectivity index (χ3n) is 3.09. The predicted octanol–water partition coefficient (Wildman–Crippen LogP) is 1.93. The highest BCUT2D eigenvalue weighted by Gasteiger charge is 2.39. The number of nitrogen functional groups attached to an aromatic ring is 2. The van der Waals surface area contributed by atoms with E-state index in [1.807, 2.05) is 0 Å². The van der Waals surface area contributed by atoms with Crippen LogP contribution in [0.3, 0.4) is 0 Å². The lowest BCUT2D eigenvalue weighted by Gasteiger charge is -2.13. The van der Waals surface area contributed by atoms with E-state index in [0.29, 0.717) is 5.92 Å². The number of hydrogen-bond acceptors (Lipinski definition) is 5. The number of aromatic nitrogens is 4. The van der Waals surface area contributed by atoms with Gasteiger partial charge in [-0.05, 0) is 18.9 Å². The fourth-order valence-corrected chi connectivity index (χ4v) is 2.02. The summed E-state index contributed by atoms with van der Waals surface area (Å²) < 4.78 is 39.2. The zero-order chi connectivity index (χ0) is 14.5. The maximum absolute atomic E-state index is 13.1. The first-order valence-corrected chi connectivity index (χ1v) is 5.92. The summed E-state index contributed by atoms with van der Waals surface area (Å²) in [5.41, 5.74) is 10.1. The van der Waals surface area contributed by atoms with Crippen molar-refractivity contribution in [2.45, 2.75) is 24.9 Å². The molecule has 2 aromatic rings. The second-order valence-corrected chi connectivity index (χ2v) is 4.67. The van der Waals surface area contributed by atoms with Crippen LogP contribution < -0.4 is 11.5 Å². The van der Waals surface area contributed by atoms with Crippen LogP contribution in [0.2, 0.25) is 0 Å². The van der Waals surface area contributed by atoms with Crippen molar-refractivity contribution < 1.29 is 13.2 Å². The number of nitrogens with zero attached hydrogens (tertiary/aromatic N) is 3. The standard InChI is InChI=1S/C11H11F3N6/c12-11(13,14)7-8(17-10(16)18-9(7)15)6-3-5(19-20-6)4-1-2-4/h3-4H,1-2H2,(H,19,20)(H4,15,16,17,18). The van der Waals surface area contributed by atoms with Crippen LogP contribution >= 0.6 is 0 Å². The molecule has 2 aromatic heterocycles. The molecule has 0 unspecified atom stereocenters. The Morgan fingerprint density at radius 3 is 2.50 bits per heavy atom. The lowest BCUT2D eigenvalue weighted by atomic mass is 10.1. The number of nitrogens with one attached hydrogen (secondary N) is 1. The van der Waals surface area contributed by atoms with Gasteiger partial charge >= 0.3 is 6.18 Å². The van der Waals surface area contributed by atoms with E-state index in [-0.39, 0.29) is 17.3 Å². The fraction of sp³-hybridized carbons (Fsp3) is 0.364. The maximum atomic E-state index is 13.1. The van der Waals surface area contributed by atoms with Crippen LogP contribution in [0.1, 0.15) is 30.0 Å². The quantitative estimate of drug-likeness (QED) is 0.781. The first-order chi connectivity index (χ1) is 9.36. The molecule has 0 aliphatic heterocycles. The van der Waals surface area contributed by atoms with Gasteiger partial charge in [0.05, 0.1) is 11.4 Å². The topological polar surface area (TPSA) is 106 Å². The summed E-state index contributed by atoms with van der Waals surface area (Å²) >= 11 is 0. The molecule has 0 atom stereocenters. The molecule has 6 nitrogen and oxygen atoms in total. The minimum Gasteiger partial charge on any atom is -0.383 e. The minimum atomic E-state index is -4.67. The number of rotatable bonds is 2. The molecule has 3 rings (SSSR count). The lowest BCUT2D eigenvalue weighted by molar-refractivity contribution is -0.136. The van der Waals surface area contributed by atoms with Crippen LogP contribution in [0.4, 0.5) is 24.9 Å². The molecule has 0 bridgehead atoms. The largest absolute Gasteiger partial charge is 0.422 e. The number of alkyl halides is 3. The van der Waals surface area contributed by atoms with Gasteiger partial charge in [0.2, 0.25) is 5.95 Å². The lowest BCUT2D eigenvalue weighted by Crippen LogP contribution is -2.15. The van der Waals surface area contributed by atoms with E-state index in [2.05, 4.69) is 20.2 Å². The minimum absolute atomic E-state index is 0.139. The molecule has 1 aliphatic rings. The summed E-state index contributed by atoms with van der Waals surface area (Å²) in [6.07, 6.45) is -2.69. The van der Waals surface area contributed by atoms with Crippen molar-refractivity contribution in [1.82, 2.24) is 20.2 Å². The first-order valence-electron chi connectivity index (χ1n) is 5.92. The van der Waals surface area contributed by atoms with Gasteiger partial charge in [0.15, 0.2) is 0 Å². The Morgan fingerprint density at radius 2 is 1.90 bits per heavy atom. The zero-order valence-corrected chi connectivity index (χ0v) is 10.2. The van der Waals surface area contributed by atoms with Crippen molar-refractivity contribution in [3.8, 4) is 11.4 Å². The zero-order valence-electron chi connectivity index (χ0n) is 10.2. The summed E-state index contributed by atoms with van der Waals surface area (Å²) in [5, 5.41) is 6.56. The molecule has 9 heteroatoms. The van der Waals surface area contributed by atoms with Gasteiger partial charge in [0.25, 0.3) is 0 Å². The third kappa shape index (κ3) is 2.15. The van der Waals surface area contributed by atoms with Crippen molar-refractivity contribution >= 4 is 11.8 Å². The molecule has 0 spiro atoms. The Bertz CT molecular complexity index is 659. The second-order valence-electron chi connectivity index (χ2n) is 4.67. The number of anilines is 2. The molecule has 20 heavy (non-hydrogen) atoms. The van der Waals surface area contributed by atoms with Crippen molar-refractivity contribution in [1.29, 1.82) is 0 Å². The Morgan fingerprint density at radius 1 is 1.20 bits per heavy atom. The van der Waals surface area contributed by atoms with Gasteiger partial charge in [-0.2, -0.15) is 23.3 Å². The summed E-state index contributed by atoms with van der Waals surface area (Å²) in [7, 11) is 0. The smallest absolute Gasteiger partial charge is 0.383 e. The number of aromatic amines is 1. The van der Waals surface area contributed by atoms with Gasteiger partial charge < -0.3 is 11.5 Å². The van der Waals surface area contributed by atoms with E-state index in [9.17, 15) is 13.2 Å². The Labute approximate surface area is 111 Å². The SMILES string of the molecule is Nc1nc(N)c(C(F)(F)F)c(-c2cc(C3CC3)n[nH]2)n1. The fourth-order valence-electron chi connectivity index (χ4n) is 2.02. The summed E-state index contributed by atoms with van der Waals surface area (Å²) in [6.45, 7) is 0. The Hall–Kier alpha value is -2.32. The van der Waals surface area contributed by atoms with E-state index in [0.717, 1.165) is 18.5 Å². The predicted molar refractivity (Wildman–Crippen MR) is 65.4 cm³/mol. The Kier molecular flexibility index (Phi) is 2.59. The average Bonchev–Trinajstić information content (AvgIpc) is 3.04. The van der Waals surface area contributed by atoms with E-state index in [1.54, 1.807) is 6.07 Å². The van der Waals surface area contributed by atoms with Crippen molar-refractivity contribution in [2.75, 3.05) is 11.5 Å². The van der Waals surface area contributed by atoms with E-state index < -0.39 is 17.6 Å². The van der Waals surface area contributed by atoms with E-state index in [1.165, 1.54) is 0 Å². The molecule has 106 valence electrons. The van der Waals surface area contributed by atoms with Crippen LogP contribution in [0.5, 0.6) is 0 Å². The highest BCUT2D eigenvalue weighted by molar-refractivity contribution is 5.67. The molecule has 0 radical (unpaired) electrons. The Balaban J connectivity index is 2.15. The molecule has 0 aromatic carbocycles. The molecule has 5 N–H and O–H groups in total. The number of nitrogens with two attached hydrogens (primary N) is 2. The molecule has 1 saturated carbocycles. The van der Waals surface area contributed by atoms with E-state index in [4.69, 9.17) is 11.5 Å². The van der Waals surface area contributed by atoms with Gasteiger partial charge in [0.1, 0.15) is 17.1 Å². The monoisotopic (exact) mass is 284 g/mol. The number of halogens is 3. The van der Waals surface area contributed by atoms with E-state index >= 15 is 0 Å². The van der Waals surface area contributed by atoms with Gasteiger partial charge in [-0.1, -0.05) is 0 Å². The van der Waals surface area contributed by atoms with Crippen molar-refractivity contribution in [2.24, 2.45) is 0 Å². The molecular formula is C11H11F3N6. The normalized spacial score (nSPS) is 15.6. The first kappa shape index (κ1) is 12.7. The molecule has 1 fully saturated rings. The highest BCUT2D eigenvalue weighted by Crippen LogP contribution is 2.42. The van der Waals surface area contributed by atoms with Crippen LogP contribution in [0.25, 0.3) is 11.4 Å². The maximum Gasteiger partial charge on any atom is 0.422 e.